The van der Waals surface area contributed by atoms with E-state index in [-0.39, 0.29) is 25.9 Å². The van der Waals surface area contributed by atoms with Crippen molar-refractivity contribution in [3.63, 3.8) is 0 Å². The molecule has 366 valence electrons. The third kappa shape index (κ3) is 31.7. The summed E-state index contributed by atoms with van der Waals surface area (Å²) in [5.74, 6) is -3.12. The van der Waals surface area contributed by atoms with E-state index in [0.29, 0.717) is 19.3 Å². The Labute approximate surface area is 381 Å². The second-order valence-corrected chi connectivity index (χ2v) is 17.5. The van der Waals surface area contributed by atoms with Crippen LogP contribution in [0.25, 0.3) is 0 Å². The molecule has 1 rings (SSSR count). The minimum atomic E-state index is -1.90. The molecule has 1 fully saturated rings. The van der Waals surface area contributed by atoms with Crippen molar-refractivity contribution in [1.29, 1.82) is 0 Å². The first kappa shape index (κ1) is 58.2. The number of carbonyl (C=O) groups excluding carboxylic acids is 3. The minimum Gasteiger partial charge on any atom is -0.479 e. The molecule has 6 atom stereocenters. The highest BCUT2D eigenvalue weighted by Gasteiger charge is 2.50. The van der Waals surface area contributed by atoms with E-state index in [1.165, 1.54) is 70.6 Å². The van der Waals surface area contributed by atoms with Gasteiger partial charge in [-0.05, 0) is 44.9 Å². The van der Waals surface area contributed by atoms with E-state index in [1.54, 1.807) is 0 Å². The monoisotopic (exact) mass is 895 g/mol. The van der Waals surface area contributed by atoms with Crippen LogP contribution in [0.15, 0.2) is 24.3 Å². The second kappa shape index (κ2) is 40.7. The maximum atomic E-state index is 13.0. The Balaban J connectivity index is 2.75. The number of unbranched alkanes of at least 4 members (excludes halogenated alkanes) is 24. The Morgan fingerprint density at radius 1 is 0.524 bits per heavy atom. The maximum absolute atomic E-state index is 13.0. The number of rotatable bonds is 42. The van der Waals surface area contributed by atoms with Gasteiger partial charge >= 0.3 is 23.9 Å². The van der Waals surface area contributed by atoms with Crippen LogP contribution in [0.5, 0.6) is 0 Å². The predicted molar refractivity (Wildman–Crippen MR) is 248 cm³/mol. The Hall–Kier alpha value is -2.80. The summed E-state index contributed by atoms with van der Waals surface area (Å²) < 4.78 is 28.2. The Bertz CT molecular complexity index is 1200. The first-order valence-corrected chi connectivity index (χ1v) is 25.3. The van der Waals surface area contributed by atoms with Gasteiger partial charge in [0.1, 0.15) is 18.8 Å². The molecule has 0 aromatic rings. The van der Waals surface area contributed by atoms with Gasteiger partial charge in [-0.25, -0.2) is 4.79 Å². The molecule has 1 aliphatic heterocycles. The number of carbonyl (C=O) groups is 4. The van der Waals surface area contributed by atoms with Gasteiger partial charge in [0.2, 0.25) is 0 Å². The average molecular weight is 895 g/mol. The molecular weight excluding hydrogens is 805 g/mol. The van der Waals surface area contributed by atoms with Crippen LogP contribution in [-0.4, -0.2) is 89.2 Å². The largest absolute Gasteiger partial charge is 0.479 e. The van der Waals surface area contributed by atoms with E-state index in [4.69, 9.17) is 23.7 Å². The van der Waals surface area contributed by atoms with Gasteiger partial charge in [-0.2, -0.15) is 0 Å². The smallest absolute Gasteiger partial charge is 0.335 e. The zero-order valence-corrected chi connectivity index (χ0v) is 39.8. The summed E-state index contributed by atoms with van der Waals surface area (Å²) in [7, 11) is 0. The highest BCUT2D eigenvalue weighted by atomic mass is 16.7. The van der Waals surface area contributed by atoms with Crippen molar-refractivity contribution >= 4 is 23.9 Å². The summed E-state index contributed by atoms with van der Waals surface area (Å²) in [5.41, 5.74) is 0. The number of ether oxygens (including phenoxy) is 5. The third-order valence-corrected chi connectivity index (χ3v) is 11.5. The molecule has 0 aromatic carbocycles. The summed E-state index contributed by atoms with van der Waals surface area (Å²) in [5, 5.41) is 31.2. The van der Waals surface area contributed by atoms with Gasteiger partial charge < -0.3 is 39.0 Å². The molecule has 0 bridgehead atoms. The van der Waals surface area contributed by atoms with Crippen LogP contribution in [-0.2, 0) is 42.9 Å². The van der Waals surface area contributed by atoms with Gasteiger partial charge in [-0.3, -0.25) is 14.4 Å². The summed E-state index contributed by atoms with van der Waals surface area (Å²) >= 11 is 0. The summed E-state index contributed by atoms with van der Waals surface area (Å²) in [6.07, 6.45) is 30.4. The highest BCUT2D eigenvalue weighted by Crippen LogP contribution is 2.26. The number of aliphatic hydroxyl groups is 2. The van der Waals surface area contributed by atoms with Crippen molar-refractivity contribution in [2.75, 3.05) is 13.2 Å². The molecule has 12 nitrogen and oxygen atoms in total. The van der Waals surface area contributed by atoms with Crippen LogP contribution in [0, 0.1) is 0 Å². The molecule has 1 aliphatic rings. The van der Waals surface area contributed by atoms with Crippen LogP contribution < -0.4 is 0 Å². The molecule has 3 N–H and O–H groups in total. The minimum absolute atomic E-state index is 0.0636. The predicted octanol–water partition coefficient (Wildman–Crippen LogP) is 11.6. The lowest BCUT2D eigenvalue weighted by molar-refractivity contribution is -0.301. The van der Waals surface area contributed by atoms with Crippen LogP contribution in [0.1, 0.15) is 226 Å². The van der Waals surface area contributed by atoms with Crippen molar-refractivity contribution in [2.45, 2.75) is 263 Å². The molecule has 1 saturated heterocycles. The zero-order chi connectivity index (χ0) is 46.2. The first-order chi connectivity index (χ1) is 30.6. The molecule has 6 unspecified atom stereocenters. The van der Waals surface area contributed by atoms with Crippen LogP contribution in [0.4, 0.5) is 0 Å². The van der Waals surface area contributed by atoms with Crippen molar-refractivity contribution in [1.82, 2.24) is 0 Å². The van der Waals surface area contributed by atoms with Crippen LogP contribution in [0.2, 0.25) is 0 Å². The normalized spacial score (nSPS) is 19.4. The summed E-state index contributed by atoms with van der Waals surface area (Å²) in [6, 6.07) is 0. The third-order valence-electron chi connectivity index (χ3n) is 11.5. The van der Waals surface area contributed by atoms with Gasteiger partial charge in [0.25, 0.3) is 0 Å². The SMILES string of the molecule is CCC/C=C\C/C=C\CCCCCCCC(=O)OCC(COC1OC(C(=O)O)C(O)C(O)C1OC(=O)CCCCCCCCCCC)OC(=O)CCCCCCCCCCCCC. The van der Waals surface area contributed by atoms with Gasteiger partial charge in [-0.1, -0.05) is 186 Å². The summed E-state index contributed by atoms with van der Waals surface area (Å²) in [4.78, 5) is 50.6. The molecule has 63 heavy (non-hydrogen) atoms. The number of allylic oxidation sites excluding steroid dienone is 4. The topological polar surface area (TPSA) is 175 Å². The number of aliphatic carboxylic acids is 1. The molecule has 0 amide bonds. The first-order valence-electron chi connectivity index (χ1n) is 25.3. The fourth-order valence-electron chi connectivity index (χ4n) is 7.58. The number of hydrogen-bond acceptors (Lipinski definition) is 11. The van der Waals surface area contributed by atoms with Crippen molar-refractivity contribution in [3.8, 4) is 0 Å². The van der Waals surface area contributed by atoms with Crippen molar-refractivity contribution < 1.29 is 58.2 Å². The standard InChI is InChI=1S/C51H90O12/c1-4-7-10-13-16-19-21-22-24-26-28-31-34-37-43(52)59-40-42(61-44(53)38-35-32-30-27-23-20-17-14-11-8-5-2)41-60-51-49(47(56)46(55)48(63-51)50(57)58)62-45(54)39-36-33-29-25-18-15-12-9-6-3/h10,13,19,21,42,46-49,51,55-56H,4-9,11-12,14-18,20,22-41H2,1-3H3,(H,57,58)/b13-10-,21-19-. The average Bonchev–Trinajstić information content (AvgIpc) is 3.26. The molecule has 12 heteroatoms. The number of carboxylic acids is 1. The van der Waals surface area contributed by atoms with E-state index >= 15 is 0 Å². The lowest BCUT2D eigenvalue weighted by Gasteiger charge is -2.40. The number of esters is 3. The maximum Gasteiger partial charge on any atom is 0.335 e. The van der Waals surface area contributed by atoms with Crippen molar-refractivity contribution in [3.05, 3.63) is 24.3 Å². The zero-order valence-electron chi connectivity index (χ0n) is 39.8. The fraction of sp³-hybridized carbons (Fsp3) is 0.843. The van der Waals surface area contributed by atoms with E-state index < -0.39 is 67.3 Å². The van der Waals surface area contributed by atoms with E-state index in [2.05, 4.69) is 45.1 Å². The molecule has 0 aliphatic carbocycles. The van der Waals surface area contributed by atoms with Gasteiger partial charge in [-0.15, -0.1) is 0 Å². The lowest BCUT2D eigenvalue weighted by Crippen LogP contribution is -2.61. The van der Waals surface area contributed by atoms with E-state index in [1.807, 2.05) is 0 Å². The van der Waals surface area contributed by atoms with E-state index in [0.717, 1.165) is 96.3 Å². The second-order valence-electron chi connectivity index (χ2n) is 17.5. The van der Waals surface area contributed by atoms with Crippen LogP contribution >= 0.6 is 0 Å². The number of hydrogen-bond donors (Lipinski definition) is 3. The molecular formula is C51H90O12. The number of aliphatic hydroxyl groups excluding tert-OH is 2. The van der Waals surface area contributed by atoms with E-state index in [9.17, 15) is 34.5 Å². The van der Waals surface area contributed by atoms with Crippen LogP contribution in [0.3, 0.4) is 0 Å². The fourth-order valence-corrected chi connectivity index (χ4v) is 7.58. The van der Waals surface area contributed by atoms with Gasteiger partial charge in [0.15, 0.2) is 24.6 Å². The lowest BCUT2D eigenvalue weighted by atomic mass is 9.98. The number of carboxylic acid groups (broad SMARTS) is 1. The van der Waals surface area contributed by atoms with Crippen molar-refractivity contribution in [2.24, 2.45) is 0 Å². The Morgan fingerprint density at radius 3 is 1.49 bits per heavy atom. The highest BCUT2D eigenvalue weighted by molar-refractivity contribution is 5.74. The Kier molecular flexibility index (Phi) is 37.6. The molecule has 0 spiro atoms. The quantitative estimate of drug-likeness (QED) is 0.0229. The molecule has 1 heterocycles. The van der Waals surface area contributed by atoms with Gasteiger partial charge in [0.05, 0.1) is 6.61 Å². The summed E-state index contributed by atoms with van der Waals surface area (Å²) in [6.45, 7) is 5.85. The Morgan fingerprint density at radius 2 is 0.984 bits per heavy atom. The molecule has 0 radical (unpaired) electrons. The molecule has 0 saturated carbocycles. The van der Waals surface area contributed by atoms with Gasteiger partial charge in [0, 0.05) is 19.3 Å². The molecule has 0 aromatic heterocycles.